The third-order valence-corrected chi connectivity index (χ3v) is 3.28. The van der Waals surface area contributed by atoms with Gasteiger partial charge < -0.3 is 9.47 Å². The number of fused-ring (bicyclic) bond motifs is 2. The average molecular weight is 249 g/mol. The lowest BCUT2D eigenvalue weighted by molar-refractivity contribution is 0.174. The molecule has 19 heavy (non-hydrogen) atoms. The number of hydrogen-bond donors (Lipinski definition) is 0. The fourth-order valence-corrected chi connectivity index (χ4v) is 2.31. The normalized spacial score (nSPS) is 12.8. The van der Waals surface area contributed by atoms with Crippen LogP contribution in [-0.2, 0) is 0 Å². The Hall–Kier alpha value is -2.55. The Bertz CT molecular complexity index is 753. The number of aromatic nitrogens is 1. The van der Waals surface area contributed by atoms with Crippen LogP contribution in [0.5, 0.6) is 11.5 Å². The van der Waals surface area contributed by atoms with E-state index in [1.807, 2.05) is 36.5 Å². The Balaban J connectivity index is 1.90. The molecular weight excluding hydrogens is 238 g/mol. The number of hydrogen-bond acceptors (Lipinski definition) is 3. The van der Waals surface area contributed by atoms with E-state index in [0.29, 0.717) is 0 Å². The number of ether oxygens (including phenoxy) is 2. The molecule has 0 unspecified atom stereocenters. The Morgan fingerprint density at radius 1 is 0.842 bits per heavy atom. The molecule has 0 amide bonds. The Morgan fingerprint density at radius 3 is 2.47 bits per heavy atom. The average Bonchev–Trinajstić information content (AvgIpc) is 2.92. The molecule has 2 heterocycles. The number of benzene rings is 2. The van der Waals surface area contributed by atoms with Gasteiger partial charge in [0.1, 0.15) is 0 Å². The van der Waals surface area contributed by atoms with Crippen molar-refractivity contribution in [2.24, 2.45) is 0 Å². The summed E-state index contributed by atoms with van der Waals surface area (Å²) in [6.07, 6.45) is 1.89. The van der Waals surface area contributed by atoms with Crippen LogP contribution in [0.2, 0.25) is 0 Å². The van der Waals surface area contributed by atoms with Gasteiger partial charge in [0.25, 0.3) is 0 Å². The van der Waals surface area contributed by atoms with Crippen molar-refractivity contribution >= 4 is 10.9 Å². The minimum atomic E-state index is 0.289. The third-order valence-electron chi connectivity index (χ3n) is 3.28. The van der Waals surface area contributed by atoms with E-state index < -0.39 is 0 Å². The quantitative estimate of drug-likeness (QED) is 0.660. The Labute approximate surface area is 110 Å². The SMILES string of the molecule is c1ccc(-c2cnc3cc4c(cc3c2)OCO4)cc1. The summed E-state index contributed by atoms with van der Waals surface area (Å²) in [4.78, 5) is 4.50. The molecule has 2 aromatic carbocycles. The zero-order valence-electron chi connectivity index (χ0n) is 10.2. The highest BCUT2D eigenvalue weighted by molar-refractivity contribution is 5.86. The first-order chi connectivity index (χ1) is 9.40. The highest BCUT2D eigenvalue weighted by Crippen LogP contribution is 2.36. The first kappa shape index (κ1) is 10.4. The van der Waals surface area contributed by atoms with Gasteiger partial charge in [0.05, 0.1) is 5.52 Å². The van der Waals surface area contributed by atoms with E-state index in [1.165, 1.54) is 0 Å². The molecule has 1 aromatic heterocycles. The van der Waals surface area contributed by atoms with Gasteiger partial charge in [-0.15, -0.1) is 0 Å². The number of rotatable bonds is 1. The molecule has 92 valence electrons. The molecule has 3 heteroatoms. The Kier molecular flexibility index (Phi) is 2.18. The highest BCUT2D eigenvalue weighted by atomic mass is 16.7. The van der Waals surface area contributed by atoms with E-state index in [2.05, 4.69) is 23.2 Å². The van der Waals surface area contributed by atoms with E-state index in [9.17, 15) is 0 Å². The predicted octanol–water partition coefficient (Wildman–Crippen LogP) is 3.63. The van der Waals surface area contributed by atoms with Crippen molar-refractivity contribution in [3.63, 3.8) is 0 Å². The summed E-state index contributed by atoms with van der Waals surface area (Å²) in [6.45, 7) is 0.289. The minimum absolute atomic E-state index is 0.289. The summed E-state index contributed by atoms with van der Waals surface area (Å²) in [5.41, 5.74) is 3.19. The molecule has 3 aromatic rings. The van der Waals surface area contributed by atoms with Crippen LogP contribution in [0.4, 0.5) is 0 Å². The number of nitrogens with zero attached hydrogens (tertiary/aromatic N) is 1. The smallest absolute Gasteiger partial charge is 0.231 e. The number of pyridine rings is 1. The summed E-state index contributed by atoms with van der Waals surface area (Å²) >= 11 is 0. The summed E-state index contributed by atoms with van der Waals surface area (Å²) in [5, 5.41) is 1.06. The molecule has 0 bridgehead atoms. The second-order valence-corrected chi connectivity index (χ2v) is 4.49. The van der Waals surface area contributed by atoms with Crippen molar-refractivity contribution in [2.75, 3.05) is 6.79 Å². The maximum Gasteiger partial charge on any atom is 0.231 e. The van der Waals surface area contributed by atoms with Gasteiger partial charge in [0, 0.05) is 23.2 Å². The zero-order chi connectivity index (χ0) is 12.7. The lowest BCUT2D eigenvalue weighted by atomic mass is 10.1. The van der Waals surface area contributed by atoms with Crippen LogP contribution < -0.4 is 9.47 Å². The van der Waals surface area contributed by atoms with Gasteiger partial charge in [0.2, 0.25) is 6.79 Å². The lowest BCUT2D eigenvalue weighted by Gasteiger charge is -2.04. The molecule has 0 fully saturated rings. The van der Waals surface area contributed by atoms with Crippen molar-refractivity contribution < 1.29 is 9.47 Å². The largest absolute Gasteiger partial charge is 0.454 e. The maximum atomic E-state index is 5.40. The molecule has 0 saturated heterocycles. The zero-order valence-corrected chi connectivity index (χ0v) is 10.2. The topological polar surface area (TPSA) is 31.4 Å². The fourth-order valence-electron chi connectivity index (χ4n) is 2.31. The molecule has 0 spiro atoms. The van der Waals surface area contributed by atoms with Crippen molar-refractivity contribution in [2.45, 2.75) is 0 Å². The van der Waals surface area contributed by atoms with Crippen LogP contribution in [0, 0.1) is 0 Å². The van der Waals surface area contributed by atoms with E-state index in [-0.39, 0.29) is 6.79 Å². The fraction of sp³-hybridized carbons (Fsp3) is 0.0625. The molecule has 0 aliphatic carbocycles. The first-order valence-electron chi connectivity index (χ1n) is 6.15. The third kappa shape index (κ3) is 1.71. The van der Waals surface area contributed by atoms with Crippen LogP contribution in [-0.4, -0.2) is 11.8 Å². The standard InChI is InChI=1S/C16H11NO2/c1-2-4-11(5-3-1)13-6-12-7-15-16(19-10-18-15)8-14(12)17-9-13/h1-9H,10H2. The molecule has 0 saturated carbocycles. The van der Waals surface area contributed by atoms with Crippen molar-refractivity contribution in [1.82, 2.24) is 4.98 Å². The van der Waals surface area contributed by atoms with Gasteiger partial charge in [-0.05, 0) is 17.7 Å². The van der Waals surface area contributed by atoms with Gasteiger partial charge >= 0.3 is 0 Å². The van der Waals surface area contributed by atoms with Gasteiger partial charge in [0.15, 0.2) is 11.5 Å². The van der Waals surface area contributed by atoms with Crippen LogP contribution >= 0.6 is 0 Å². The van der Waals surface area contributed by atoms with Gasteiger partial charge in [-0.2, -0.15) is 0 Å². The van der Waals surface area contributed by atoms with Crippen LogP contribution in [0.25, 0.3) is 22.0 Å². The second-order valence-electron chi connectivity index (χ2n) is 4.49. The predicted molar refractivity (Wildman–Crippen MR) is 73.3 cm³/mol. The van der Waals surface area contributed by atoms with Crippen molar-refractivity contribution in [3.8, 4) is 22.6 Å². The summed E-state index contributed by atoms with van der Waals surface area (Å²) in [5.74, 6) is 1.56. The van der Waals surface area contributed by atoms with E-state index >= 15 is 0 Å². The van der Waals surface area contributed by atoms with Crippen LogP contribution in [0.15, 0.2) is 54.7 Å². The van der Waals surface area contributed by atoms with Gasteiger partial charge in [-0.3, -0.25) is 4.98 Å². The molecule has 1 aliphatic heterocycles. The van der Waals surface area contributed by atoms with Gasteiger partial charge in [-0.1, -0.05) is 30.3 Å². The van der Waals surface area contributed by atoms with Crippen molar-refractivity contribution in [3.05, 3.63) is 54.7 Å². The molecule has 0 N–H and O–H groups in total. The molecule has 0 radical (unpaired) electrons. The monoisotopic (exact) mass is 249 g/mol. The maximum absolute atomic E-state index is 5.40. The molecule has 0 atom stereocenters. The van der Waals surface area contributed by atoms with E-state index in [1.54, 1.807) is 0 Å². The van der Waals surface area contributed by atoms with Crippen LogP contribution in [0.3, 0.4) is 0 Å². The highest BCUT2D eigenvalue weighted by Gasteiger charge is 2.14. The molecule has 1 aliphatic rings. The van der Waals surface area contributed by atoms with Gasteiger partial charge in [-0.25, -0.2) is 0 Å². The van der Waals surface area contributed by atoms with E-state index in [4.69, 9.17) is 9.47 Å². The first-order valence-corrected chi connectivity index (χ1v) is 6.15. The second kappa shape index (κ2) is 3.99. The summed E-state index contributed by atoms with van der Waals surface area (Å²) in [6, 6.07) is 16.3. The minimum Gasteiger partial charge on any atom is -0.454 e. The van der Waals surface area contributed by atoms with E-state index in [0.717, 1.165) is 33.5 Å². The lowest BCUT2D eigenvalue weighted by Crippen LogP contribution is -1.92. The summed E-state index contributed by atoms with van der Waals surface area (Å²) in [7, 11) is 0. The molecular formula is C16H11NO2. The Morgan fingerprint density at radius 2 is 1.63 bits per heavy atom. The van der Waals surface area contributed by atoms with Crippen molar-refractivity contribution in [1.29, 1.82) is 0 Å². The summed E-state index contributed by atoms with van der Waals surface area (Å²) < 4.78 is 10.8. The molecule has 3 nitrogen and oxygen atoms in total. The van der Waals surface area contributed by atoms with Crippen LogP contribution in [0.1, 0.15) is 0 Å². The molecule has 4 rings (SSSR count).